The van der Waals surface area contributed by atoms with Gasteiger partial charge in [0.1, 0.15) is 0 Å². The Hall–Kier alpha value is -2.58. The molecule has 2 aliphatic heterocycles. The van der Waals surface area contributed by atoms with Crippen molar-refractivity contribution in [1.29, 1.82) is 0 Å². The third-order valence-corrected chi connectivity index (χ3v) is 5.47. The van der Waals surface area contributed by atoms with Crippen LogP contribution in [-0.4, -0.2) is 35.2 Å². The van der Waals surface area contributed by atoms with Crippen LogP contribution in [0.25, 0.3) is 6.08 Å². The van der Waals surface area contributed by atoms with Gasteiger partial charge in [-0.1, -0.05) is 34.1 Å². The van der Waals surface area contributed by atoms with E-state index in [-0.39, 0.29) is 24.0 Å². The molecular formula is C19H12BrNO5S. The highest BCUT2D eigenvalue weighted by Crippen LogP contribution is 2.36. The monoisotopic (exact) mass is 445 g/mol. The average Bonchev–Trinajstić information content (AvgIpc) is 3.22. The first kappa shape index (κ1) is 17.8. The molecule has 0 bridgehead atoms. The number of thioether (sulfide) groups is 1. The minimum Gasteiger partial charge on any atom is -0.454 e. The molecule has 2 aromatic carbocycles. The van der Waals surface area contributed by atoms with Gasteiger partial charge in [0.05, 0.1) is 11.4 Å². The second-order valence-electron chi connectivity index (χ2n) is 5.81. The highest BCUT2D eigenvalue weighted by molar-refractivity contribution is 9.10. The number of carbonyl (C=O) groups excluding carboxylic acids is 3. The van der Waals surface area contributed by atoms with Gasteiger partial charge in [-0.3, -0.25) is 19.3 Å². The first-order valence-corrected chi connectivity index (χ1v) is 9.56. The zero-order chi connectivity index (χ0) is 19.0. The number of ketones is 1. The van der Waals surface area contributed by atoms with E-state index < -0.39 is 11.1 Å². The number of halogens is 1. The first-order valence-electron chi connectivity index (χ1n) is 7.95. The van der Waals surface area contributed by atoms with Crippen LogP contribution in [0.5, 0.6) is 11.5 Å². The number of imide groups is 1. The smallest absolute Gasteiger partial charge is 0.293 e. The van der Waals surface area contributed by atoms with Crippen LogP contribution in [0.1, 0.15) is 15.9 Å². The predicted molar refractivity (Wildman–Crippen MR) is 104 cm³/mol. The molecule has 4 rings (SSSR count). The van der Waals surface area contributed by atoms with Crippen molar-refractivity contribution in [3.63, 3.8) is 0 Å². The molecular weight excluding hydrogens is 434 g/mol. The lowest BCUT2D eigenvalue weighted by Crippen LogP contribution is -2.33. The molecule has 0 saturated carbocycles. The SMILES string of the molecule is O=C(CN1C(=O)S/C(=C/c2ccc3c(c2)OCO3)C1=O)c1ccc(Br)cc1. The standard InChI is InChI=1S/C19H12BrNO5S/c20-13-4-2-12(3-5-13)14(22)9-21-18(23)17(27-19(21)24)8-11-1-6-15-16(7-11)26-10-25-15/h1-8H,9-10H2/b17-8+. The molecule has 1 saturated heterocycles. The van der Waals surface area contributed by atoms with Crippen LogP contribution in [0.4, 0.5) is 4.79 Å². The van der Waals surface area contributed by atoms with Gasteiger partial charge in [0, 0.05) is 10.0 Å². The summed E-state index contributed by atoms with van der Waals surface area (Å²) in [4.78, 5) is 38.4. The molecule has 0 unspecified atom stereocenters. The molecule has 136 valence electrons. The van der Waals surface area contributed by atoms with E-state index in [1.165, 1.54) is 0 Å². The number of hydrogen-bond donors (Lipinski definition) is 0. The summed E-state index contributed by atoms with van der Waals surface area (Å²) < 4.78 is 11.4. The Kier molecular flexibility index (Phi) is 4.75. The first-order chi connectivity index (χ1) is 13.0. The Balaban J connectivity index is 1.51. The van der Waals surface area contributed by atoms with E-state index >= 15 is 0 Å². The van der Waals surface area contributed by atoms with Gasteiger partial charge in [-0.25, -0.2) is 0 Å². The molecule has 0 aromatic heterocycles. The van der Waals surface area contributed by atoms with E-state index in [4.69, 9.17) is 9.47 Å². The molecule has 27 heavy (non-hydrogen) atoms. The predicted octanol–water partition coefficient (Wildman–Crippen LogP) is 4.10. The number of nitrogens with zero attached hydrogens (tertiary/aromatic N) is 1. The molecule has 0 radical (unpaired) electrons. The highest BCUT2D eigenvalue weighted by Gasteiger charge is 2.36. The van der Waals surface area contributed by atoms with Gasteiger partial charge >= 0.3 is 0 Å². The van der Waals surface area contributed by atoms with E-state index in [0.717, 1.165) is 21.1 Å². The van der Waals surface area contributed by atoms with E-state index in [2.05, 4.69) is 15.9 Å². The summed E-state index contributed by atoms with van der Waals surface area (Å²) in [6.45, 7) is -0.127. The molecule has 6 nitrogen and oxygen atoms in total. The van der Waals surface area contributed by atoms with Crippen LogP contribution in [-0.2, 0) is 4.79 Å². The number of amides is 2. The fourth-order valence-electron chi connectivity index (χ4n) is 2.66. The maximum Gasteiger partial charge on any atom is 0.293 e. The fraction of sp³-hybridized carbons (Fsp3) is 0.105. The molecule has 0 N–H and O–H groups in total. The van der Waals surface area contributed by atoms with Crippen molar-refractivity contribution >= 4 is 50.7 Å². The lowest BCUT2D eigenvalue weighted by Gasteiger charge is -2.11. The Bertz CT molecular complexity index is 986. The maximum absolute atomic E-state index is 12.6. The van der Waals surface area contributed by atoms with Crippen molar-refractivity contribution in [2.75, 3.05) is 13.3 Å². The number of Topliss-reactive ketones (excluding diaryl/α,β-unsaturated/α-hetero) is 1. The van der Waals surface area contributed by atoms with Crippen molar-refractivity contribution in [3.05, 3.63) is 63.0 Å². The lowest BCUT2D eigenvalue weighted by molar-refractivity contribution is -0.122. The Morgan fingerprint density at radius 1 is 1.11 bits per heavy atom. The van der Waals surface area contributed by atoms with E-state index in [9.17, 15) is 14.4 Å². The summed E-state index contributed by atoms with van der Waals surface area (Å²) in [5.74, 6) is 0.455. The fourth-order valence-corrected chi connectivity index (χ4v) is 3.76. The highest BCUT2D eigenvalue weighted by atomic mass is 79.9. The summed E-state index contributed by atoms with van der Waals surface area (Å²) in [6.07, 6.45) is 1.61. The molecule has 0 spiro atoms. The van der Waals surface area contributed by atoms with Gasteiger partial charge in [-0.15, -0.1) is 0 Å². The zero-order valence-electron chi connectivity index (χ0n) is 13.8. The molecule has 1 fully saturated rings. The molecule has 2 aromatic rings. The average molecular weight is 446 g/mol. The number of benzene rings is 2. The summed E-state index contributed by atoms with van der Waals surface area (Å²) >= 11 is 4.12. The van der Waals surface area contributed by atoms with E-state index in [0.29, 0.717) is 22.6 Å². The van der Waals surface area contributed by atoms with Crippen LogP contribution in [0.2, 0.25) is 0 Å². The van der Waals surface area contributed by atoms with Gasteiger partial charge in [0.2, 0.25) is 6.79 Å². The van der Waals surface area contributed by atoms with Crippen molar-refractivity contribution in [1.82, 2.24) is 4.90 Å². The quantitative estimate of drug-likeness (QED) is 0.520. The molecule has 2 aliphatic rings. The number of ether oxygens (including phenoxy) is 2. The summed E-state index contributed by atoms with van der Waals surface area (Å²) in [5, 5.41) is -0.461. The molecule has 2 heterocycles. The number of fused-ring (bicyclic) bond motifs is 1. The van der Waals surface area contributed by atoms with Crippen LogP contribution in [0, 0.1) is 0 Å². The molecule has 8 heteroatoms. The zero-order valence-corrected chi connectivity index (χ0v) is 16.2. The summed E-state index contributed by atoms with van der Waals surface area (Å²) in [6, 6.07) is 12.0. The molecule has 0 aliphatic carbocycles. The molecule has 2 amide bonds. The van der Waals surface area contributed by atoms with Crippen molar-refractivity contribution in [2.24, 2.45) is 0 Å². The van der Waals surface area contributed by atoms with Crippen LogP contribution in [0.3, 0.4) is 0 Å². The van der Waals surface area contributed by atoms with Crippen LogP contribution in [0.15, 0.2) is 51.8 Å². The van der Waals surface area contributed by atoms with E-state index in [1.54, 1.807) is 48.5 Å². The summed E-state index contributed by atoms with van der Waals surface area (Å²) in [7, 11) is 0. The number of hydrogen-bond acceptors (Lipinski definition) is 6. The maximum atomic E-state index is 12.6. The topological polar surface area (TPSA) is 72.9 Å². The number of rotatable bonds is 4. The Morgan fingerprint density at radius 3 is 2.63 bits per heavy atom. The number of carbonyl (C=O) groups is 3. The van der Waals surface area contributed by atoms with Gasteiger partial charge in [-0.05, 0) is 47.7 Å². The summed E-state index contributed by atoms with van der Waals surface area (Å²) in [5.41, 5.74) is 1.15. The van der Waals surface area contributed by atoms with Crippen LogP contribution < -0.4 is 9.47 Å². The van der Waals surface area contributed by atoms with Gasteiger partial charge in [-0.2, -0.15) is 0 Å². The van der Waals surface area contributed by atoms with Crippen LogP contribution >= 0.6 is 27.7 Å². The Morgan fingerprint density at radius 2 is 1.85 bits per heavy atom. The normalized spacial score (nSPS) is 17.1. The molecule has 0 atom stereocenters. The minimum absolute atomic E-state index is 0.160. The second kappa shape index (κ2) is 7.21. The third-order valence-electron chi connectivity index (χ3n) is 4.04. The van der Waals surface area contributed by atoms with Crippen molar-refractivity contribution < 1.29 is 23.9 Å². The van der Waals surface area contributed by atoms with Gasteiger partial charge in [0.15, 0.2) is 17.3 Å². The Labute approximate surface area is 167 Å². The van der Waals surface area contributed by atoms with Crippen molar-refractivity contribution in [3.8, 4) is 11.5 Å². The third kappa shape index (κ3) is 3.63. The van der Waals surface area contributed by atoms with E-state index in [1.807, 2.05) is 0 Å². The van der Waals surface area contributed by atoms with Gasteiger partial charge < -0.3 is 9.47 Å². The minimum atomic E-state index is -0.479. The van der Waals surface area contributed by atoms with Gasteiger partial charge in [0.25, 0.3) is 11.1 Å². The van der Waals surface area contributed by atoms with Crippen molar-refractivity contribution in [2.45, 2.75) is 0 Å². The largest absolute Gasteiger partial charge is 0.454 e. The lowest BCUT2D eigenvalue weighted by atomic mass is 10.1. The second-order valence-corrected chi connectivity index (χ2v) is 7.72.